The largest absolute Gasteiger partial charge is 0.496 e. The number of ether oxygens (including phenoxy) is 2. The van der Waals surface area contributed by atoms with E-state index in [1.807, 2.05) is 60.4 Å². The molecule has 1 heterocycles. The van der Waals surface area contributed by atoms with Gasteiger partial charge in [0.25, 0.3) is 11.8 Å². The average molecular weight is 587 g/mol. The van der Waals surface area contributed by atoms with E-state index < -0.39 is 0 Å². The number of nitrogens with zero attached hydrogens (tertiary/aromatic N) is 3. The molecule has 0 aromatic heterocycles. The molecule has 1 fully saturated rings. The van der Waals surface area contributed by atoms with Crippen LogP contribution in [0.25, 0.3) is 0 Å². The minimum Gasteiger partial charge on any atom is -0.496 e. The number of carbonyl (C=O) groups excluding carboxylic acids is 3. The van der Waals surface area contributed by atoms with Gasteiger partial charge in [-0.05, 0) is 75.7 Å². The van der Waals surface area contributed by atoms with Gasteiger partial charge in [0.1, 0.15) is 11.5 Å². The van der Waals surface area contributed by atoms with Gasteiger partial charge in [-0.3, -0.25) is 14.4 Å². The molecule has 4 rings (SSSR count). The number of benzene rings is 3. The number of amides is 3. The Morgan fingerprint density at radius 3 is 2.33 bits per heavy atom. The van der Waals surface area contributed by atoms with E-state index in [-0.39, 0.29) is 17.7 Å². The minimum absolute atomic E-state index is 0.231. The maximum Gasteiger partial charge on any atom is 0.261 e. The Labute approximate surface area is 254 Å². The predicted octanol–water partition coefficient (Wildman–Crippen LogP) is 5.25. The Hall–Kier alpha value is -4.37. The lowest BCUT2D eigenvalue weighted by Crippen LogP contribution is -2.47. The zero-order valence-corrected chi connectivity index (χ0v) is 25.6. The van der Waals surface area contributed by atoms with Crippen molar-refractivity contribution < 1.29 is 23.9 Å². The van der Waals surface area contributed by atoms with Gasteiger partial charge in [0.15, 0.2) is 0 Å². The molecular formula is C34H42N4O5. The molecule has 3 aromatic carbocycles. The molecule has 228 valence electrons. The van der Waals surface area contributed by atoms with Gasteiger partial charge in [0.05, 0.1) is 25.0 Å². The molecule has 1 saturated heterocycles. The van der Waals surface area contributed by atoms with Crippen LogP contribution in [0, 0.1) is 6.92 Å². The highest BCUT2D eigenvalue weighted by Gasteiger charge is 2.22. The summed E-state index contributed by atoms with van der Waals surface area (Å²) in [6.45, 7) is 5.94. The molecule has 0 radical (unpaired) electrons. The quantitative estimate of drug-likeness (QED) is 0.292. The molecule has 9 heteroatoms. The molecule has 0 unspecified atom stereocenters. The summed E-state index contributed by atoms with van der Waals surface area (Å²) >= 11 is 0. The van der Waals surface area contributed by atoms with Crippen LogP contribution in [0.5, 0.6) is 11.5 Å². The lowest BCUT2D eigenvalue weighted by Gasteiger charge is -2.32. The predicted molar refractivity (Wildman–Crippen MR) is 169 cm³/mol. The maximum atomic E-state index is 13.6. The summed E-state index contributed by atoms with van der Waals surface area (Å²) in [5, 5.41) is 2.87. The topological polar surface area (TPSA) is 91.4 Å². The molecule has 1 N–H and O–H groups in total. The van der Waals surface area contributed by atoms with Crippen LogP contribution in [-0.4, -0.2) is 81.5 Å². The van der Waals surface area contributed by atoms with Gasteiger partial charge in [-0.2, -0.15) is 0 Å². The van der Waals surface area contributed by atoms with Gasteiger partial charge in [0.2, 0.25) is 5.91 Å². The molecule has 3 amide bonds. The average Bonchev–Trinajstić information content (AvgIpc) is 3.03. The second-order valence-electron chi connectivity index (χ2n) is 10.9. The molecule has 0 bridgehead atoms. The van der Waals surface area contributed by atoms with Gasteiger partial charge < -0.3 is 29.5 Å². The molecule has 1 aliphatic heterocycles. The van der Waals surface area contributed by atoms with Crippen LogP contribution in [0.3, 0.4) is 0 Å². The Bertz CT molecular complexity index is 1400. The number of unbranched alkanes of at least 4 members (excludes halogenated alkanes) is 2. The van der Waals surface area contributed by atoms with Gasteiger partial charge in [0, 0.05) is 50.9 Å². The first-order chi connectivity index (χ1) is 20.8. The number of likely N-dealkylation sites (N-methyl/N-ethyl adjacent to an activating group) is 1. The summed E-state index contributed by atoms with van der Waals surface area (Å²) in [5.74, 6) is 0.547. The fraction of sp³-hybridized carbons (Fsp3) is 0.382. The SMILES string of the molecule is COc1cc(C(=O)Nc2ccc(C)cc2)ccc1C(=O)N(C)c1ccccc1OCCCCCC(=O)N1CCN(C)CC1. The monoisotopic (exact) mass is 586 g/mol. The number of anilines is 2. The van der Waals surface area contributed by atoms with Crippen molar-refractivity contribution in [3.05, 3.63) is 83.4 Å². The Kier molecular flexibility index (Phi) is 11.2. The van der Waals surface area contributed by atoms with E-state index in [1.165, 1.54) is 12.0 Å². The van der Waals surface area contributed by atoms with Gasteiger partial charge >= 0.3 is 0 Å². The number of piperazine rings is 1. The van der Waals surface area contributed by atoms with E-state index in [0.717, 1.165) is 51.0 Å². The maximum absolute atomic E-state index is 13.6. The van der Waals surface area contributed by atoms with Crippen molar-refractivity contribution in [2.75, 3.05) is 64.2 Å². The van der Waals surface area contributed by atoms with E-state index in [1.54, 1.807) is 25.2 Å². The van der Waals surface area contributed by atoms with Gasteiger partial charge in [-0.15, -0.1) is 0 Å². The lowest BCUT2D eigenvalue weighted by atomic mass is 10.1. The summed E-state index contributed by atoms with van der Waals surface area (Å²) in [4.78, 5) is 44.6. The number of para-hydroxylation sites is 2. The van der Waals surface area contributed by atoms with Crippen LogP contribution in [0.1, 0.15) is 52.0 Å². The number of hydrogen-bond acceptors (Lipinski definition) is 6. The van der Waals surface area contributed by atoms with Crippen molar-refractivity contribution in [2.45, 2.75) is 32.6 Å². The van der Waals surface area contributed by atoms with Crippen molar-refractivity contribution in [3.8, 4) is 11.5 Å². The van der Waals surface area contributed by atoms with Crippen LogP contribution in [-0.2, 0) is 4.79 Å². The highest BCUT2D eigenvalue weighted by Crippen LogP contribution is 2.31. The summed E-state index contributed by atoms with van der Waals surface area (Å²) in [7, 11) is 5.24. The number of rotatable bonds is 12. The number of nitrogens with one attached hydrogen (secondary N) is 1. The van der Waals surface area contributed by atoms with E-state index in [4.69, 9.17) is 9.47 Å². The van der Waals surface area contributed by atoms with Crippen LogP contribution in [0.2, 0.25) is 0 Å². The van der Waals surface area contributed by atoms with Crippen LogP contribution >= 0.6 is 0 Å². The summed E-state index contributed by atoms with van der Waals surface area (Å²) in [6.07, 6.45) is 3.08. The van der Waals surface area contributed by atoms with E-state index >= 15 is 0 Å². The highest BCUT2D eigenvalue weighted by atomic mass is 16.5. The third-order valence-corrected chi connectivity index (χ3v) is 7.68. The van der Waals surface area contributed by atoms with E-state index in [2.05, 4.69) is 17.3 Å². The van der Waals surface area contributed by atoms with Crippen molar-refractivity contribution in [1.82, 2.24) is 9.80 Å². The second kappa shape index (κ2) is 15.2. The fourth-order valence-electron chi connectivity index (χ4n) is 4.95. The van der Waals surface area contributed by atoms with Gasteiger partial charge in [-0.25, -0.2) is 0 Å². The summed E-state index contributed by atoms with van der Waals surface area (Å²) in [6, 6.07) is 19.7. The van der Waals surface area contributed by atoms with Crippen LogP contribution < -0.4 is 19.7 Å². The summed E-state index contributed by atoms with van der Waals surface area (Å²) < 4.78 is 11.6. The number of aryl methyl sites for hydroxylation is 1. The van der Waals surface area contributed by atoms with Gasteiger partial charge in [-0.1, -0.05) is 29.8 Å². The van der Waals surface area contributed by atoms with Crippen LogP contribution in [0.4, 0.5) is 11.4 Å². The summed E-state index contributed by atoms with van der Waals surface area (Å²) in [5.41, 5.74) is 3.12. The molecular weight excluding hydrogens is 544 g/mol. The molecule has 9 nitrogen and oxygen atoms in total. The normalized spacial score (nSPS) is 13.3. The van der Waals surface area contributed by atoms with Crippen molar-refractivity contribution in [3.63, 3.8) is 0 Å². The molecule has 0 aliphatic carbocycles. The number of methoxy groups -OCH3 is 1. The van der Waals surface area contributed by atoms with E-state index in [0.29, 0.717) is 47.0 Å². The zero-order valence-electron chi connectivity index (χ0n) is 25.6. The van der Waals surface area contributed by atoms with Crippen molar-refractivity contribution in [1.29, 1.82) is 0 Å². The molecule has 43 heavy (non-hydrogen) atoms. The first kappa shape index (κ1) is 31.6. The fourth-order valence-corrected chi connectivity index (χ4v) is 4.95. The smallest absolute Gasteiger partial charge is 0.261 e. The lowest BCUT2D eigenvalue weighted by molar-refractivity contribution is -0.132. The molecule has 1 aliphatic rings. The Morgan fingerprint density at radius 1 is 0.884 bits per heavy atom. The first-order valence-electron chi connectivity index (χ1n) is 14.8. The van der Waals surface area contributed by atoms with Crippen molar-refractivity contribution in [2.24, 2.45) is 0 Å². The third kappa shape index (κ3) is 8.58. The number of hydrogen-bond donors (Lipinski definition) is 1. The standard InChI is InChI=1S/C34H42N4O5/c1-25-13-16-27(17-14-25)35-33(40)26-15-18-28(31(24-26)42-4)34(41)37(3)29-10-7-8-11-30(29)43-23-9-5-6-12-32(39)38-21-19-36(2)20-22-38/h7-8,10-11,13-18,24H,5-6,9,12,19-23H2,1-4H3,(H,35,40). The Balaban J connectivity index is 1.31. The Morgan fingerprint density at radius 2 is 1.60 bits per heavy atom. The van der Waals surface area contributed by atoms with E-state index in [9.17, 15) is 14.4 Å². The zero-order chi connectivity index (χ0) is 30.8. The first-order valence-corrected chi connectivity index (χ1v) is 14.8. The molecule has 0 atom stereocenters. The second-order valence-corrected chi connectivity index (χ2v) is 10.9. The molecule has 0 saturated carbocycles. The van der Waals surface area contributed by atoms with Crippen molar-refractivity contribution >= 4 is 29.1 Å². The highest BCUT2D eigenvalue weighted by molar-refractivity contribution is 6.10. The molecule has 0 spiro atoms. The van der Waals surface area contributed by atoms with Crippen LogP contribution in [0.15, 0.2) is 66.7 Å². The molecule has 3 aromatic rings. The minimum atomic E-state index is -0.294. The third-order valence-electron chi connectivity index (χ3n) is 7.68. The number of carbonyl (C=O) groups is 3.